The van der Waals surface area contributed by atoms with Gasteiger partial charge in [0.15, 0.2) is 5.58 Å². The van der Waals surface area contributed by atoms with Crippen molar-refractivity contribution >= 4 is 49.7 Å². The maximum atomic E-state index is 6.06. The zero-order valence-electron chi connectivity index (χ0n) is 26.1. The molecule has 0 saturated heterocycles. The van der Waals surface area contributed by atoms with Crippen LogP contribution in [0.25, 0.3) is 66.4 Å². The molecule has 0 aliphatic carbocycles. The lowest BCUT2D eigenvalue weighted by molar-refractivity contribution is 0.620. The third kappa shape index (κ3) is 5.18. The molecule has 48 heavy (non-hydrogen) atoms. The summed E-state index contributed by atoms with van der Waals surface area (Å²) in [6.45, 7) is 0. The summed E-state index contributed by atoms with van der Waals surface area (Å²) in [7, 11) is 0. The lowest BCUT2D eigenvalue weighted by Gasteiger charge is -2.26. The van der Waals surface area contributed by atoms with Crippen molar-refractivity contribution in [1.82, 2.24) is 4.98 Å². The maximum Gasteiger partial charge on any atom is 0.227 e. The van der Waals surface area contributed by atoms with Gasteiger partial charge in [-0.3, -0.25) is 0 Å². The molecule has 226 valence electrons. The van der Waals surface area contributed by atoms with Gasteiger partial charge in [-0.25, -0.2) is 4.98 Å². The Labute approximate surface area is 279 Å². The highest BCUT2D eigenvalue weighted by Gasteiger charge is 2.15. The molecule has 0 radical (unpaired) electrons. The standard InChI is InChI=1S/C45H30N2O/c1-3-9-36-29-38(15-13-31(36)7-1)33-17-23-40(24-18-33)47(42-27-21-35(22-28-42)45-46-43-11-5-6-12-44(43)48-45)41-25-19-34(20-26-41)39-16-14-32-8-2-4-10-37(32)30-39/h1-30H. The fourth-order valence-corrected chi connectivity index (χ4v) is 6.54. The number of hydrogen-bond donors (Lipinski definition) is 0. The normalized spacial score (nSPS) is 11.3. The summed E-state index contributed by atoms with van der Waals surface area (Å²) < 4.78 is 6.06. The van der Waals surface area contributed by atoms with Gasteiger partial charge in [0.2, 0.25) is 5.89 Å². The quantitative estimate of drug-likeness (QED) is 0.187. The predicted molar refractivity (Wildman–Crippen MR) is 200 cm³/mol. The molecule has 0 aliphatic rings. The Morgan fingerprint density at radius 1 is 0.354 bits per heavy atom. The summed E-state index contributed by atoms with van der Waals surface area (Å²) in [4.78, 5) is 7.00. The van der Waals surface area contributed by atoms with Crippen molar-refractivity contribution in [3.05, 3.63) is 182 Å². The van der Waals surface area contributed by atoms with Crippen molar-refractivity contribution in [1.29, 1.82) is 0 Å². The first-order valence-corrected chi connectivity index (χ1v) is 16.2. The van der Waals surface area contributed by atoms with E-state index in [1.54, 1.807) is 0 Å². The van der Waals surface area contributed by atoms with Crippen LogP contribution in [0.1, 0.15) is 0 Å². The molecule has 9 aromatic rings. The van der Waals surface area contributed by atoms with E-state index in [1.165, 1.54) is 43.8 Å². The number of benzene rings is 8. The summed E-state index contributed by atoms with van der Waals surface area (Å²) in [6.07, 6.45) is 0. The van der Waals surface area contributed by atoms with Crippen LogP contribution in [0.15, 0.2) is 186 Å². The van der Waals surface area contributed by atoms with Crippen molar-refractivity contribution in [2.24, 2.45) is 0 Å². The van der Waals surface area contributed by atoms with Crippen LogP contribution in [0.4, 0.5) is 17.1 Å². The highest BCUT2D eigenvalue weighted by atomic mass is 16.3. The van der Waals surface area contributed by atoms with Gasteiger partial charge >= 0.3 is 0 Å². The molecule has 1 aromatic heterocycles. The van der Waals surface area contributed by atoms with Crippen molar-refractivity contribution < 1.29 is 4.42 Å². The van der Waals surface area contributed by atoms with E-state index in [0.717, 1.165) is 33.7 Å². The molecule has 0 aliphatic heterocycles. The minimum absolute atomic E-state index is 0.619. The second-order valence-corrected chi connectivity index (χ2v) is 12.1. The fraction of sp³-hybridized carbons (Fsp3) is 0. The molecule has 8 aromatic carbocycles. The summed E-state index contributed by atoms with van der Waals surface area (Å²) in [5.41, 5.74) is 10.6. The second-order valence-electron chi connectivity index (χ2n) is 12.1. The van der Waals surface area contributed by atoms with Gasteiger partial charge in [0.05, 0.1) is 0 Å². The number of hydrogen-bond acceptors (Lipinski definition) is 3. The van der Waals surface area contributed by atoms with Crippen LogP contribution in [0.5, 0.6) is 0 Å². The Kier molecular flexibility index (Phi) is 6.80. The average Bonchev–Trinajstić information content (AvgIpc) is 3.60. The first-order valence-electron chi connectivity index (χ1n) is 16.2. The molecular formula is C45H30N2O. The predicted octanol–water partition coefficient (Wildman–Crippen LogP) is 12.6. The third-order valence-corrected chi connectivity index (χ3v) is 9.08. The Hall–Kier alpha value is -6.45. The van der Waals surface area contributed by atoms with Crippen LogP contribution < -0.4 is 4.90 Å². The highest BCUT2D eigenvalue weighted by molar-refractivity contribution is 5.89. The molecule has 3 heteroatoms. The molecule has 9 rings (SSSR count). The number of nitrogens with zero attached hydrogens (tertiary/aromatic N) is 2. The number of anilines is 3. The zero-order chi connectivity index (χ0) is 31.9. The largest absolute Gasteiger partial charge is 0.436 e. The van der Waals surface area contributed by atoms with Crippen LogP contribution in [0.3, 0.4) is 0 Å². The number of rotatable bonds is 6. The zero-order valence-corrected chi connectivity index (χ0v) is 26.1. The smallest absolute Gasteiger partial charge is 0.227 e. The third-order valence-electron chi connectivity index (χ3n) is 9.08. The topological polar surface area (TPSA) is 29.3 Å². The molecule has 0 N–H and O–H groups in total. The minimum Gasteiger partial charge on any atom is -0.436 e. The van der Waals surface area contributed by atoms with E-state index in [-0.39, 0.29) is 0 Å². The first kappa shape index (κ1) is 27.8. The molecular weight excluding hydrogens is 585 g/mol. The van der Waals surface area contributed by atoms with E-state index in [9.17, 15) is 0 Å². The lowest BCUT2D eigenvalue weighted by atomic mass is 10.00. The molecule has 0 fully saturated rings. The van der Waals surface area contributed by atoms with Crippen molar-refractivity contribution in [3.8, 4) is 33.7 Å². The Morgan fingerprint density at radius 2 is 0.771 bits per heavy atom. The van der Waals surface area contributed by atoms with Crippen LogP contribution in [-0.2, 0) is 0 Å². The number of oxazole rings is 1. The average molecular weight is 615 g/mol. The summed E-state index contributed by atoms with van der Waals surface area (Å²) in [5.74, 6) is 0.619. The second kappa shape index (κ2) is 11.7. The van der Waals surface area contributed by atoms with Crippen LogP contribution in [-0.4, -0.2) is 4.98 Å². The van der Waals surface area contributed by atoms with Crippen molar-refractivity contribution in [2.45, 2.75) is 0 Å². The SMILES string of the molecule is c1ccc2cc(-c3ccc(N(c4ccc(-c5ccc6ccccc6c5)cc4)c4ccc(-c5nc6ccccc6o5)cc4)cc3)ccc2c1. The monoisotopic (exact) mass is 614 g/mol. The minimum atomic E-state index is 0.619. The highest BCUT2D eigenvalue weighted by Crippen LogP contribution is 2.38. The van der Waals surface area contributed by atoms with Gasteiger partial charge in [0, 0.05) is 22.6 Å². The van der Waals surface area contributed by atoms with Crippen LogP contribution >= 0.6 is 0 Å². The summed E-state index contributed by atoms with van der Waals surface area (Å²) in [5, 5.41) is 4.98. The van der Waals surface area contributed by atoms with Gasteiger partial charge in [0.1, 0.15) is 5.52 Å². The molecule has 0 saturated carbocycles. The molecule has 0 bridgehead atoms. The van der Waals surface area contributed by atoms with E-state index < -0.39 is 0 Å². The molecule has 0 unspecified atom stereocenters. The fourth-order valence-electron chi connectivity index (χ4n) is 6.54. The Bertz CT molecular complexity index is 2390. The van der Waals surface area contributed by atoms with Gasteiger partial charge in [-0.1, -0.05) is 109 Å². The van der Waals surface area contributed by atoms with Gasteiger partial charge in [-0.2, -0.15) is 0 Å². The molecule has 1 heterocycles. The summed E-state index contributed by atoms with van der Waals surface area (Å²) in [6, 6.07) is 64.3. The van der Waals surface area contributed by atoms with Crippen LogP contribution in [0.2, 0.25) is 0 Å². The Morgan fingerprint density at radius 3 is 1.27 bits per heavy atom. The van der Waals surface area contributed by atoms with Crippen molar-refractivity contribution in [3.63, 3.8) is 0 Å². The summed E-state index contributed by atoms with van der Waals surface area (Å²) >= 11 is 0. The van der Waals surface area contributed by atoms with E-state index >= 15 is 0 Å². The molecule has 0 spiro atoms. The molecule has 0 atom stereocenters. The maximum absolute atomic E-state index is 6.06. The molecule has 0 amide bonds. The molecule has 3 nitrogen and oxygen atoms in total. The Balaban J connectivity index is 1.09. The van der Waals surface area contributed by atoms with Crippen LogP contribution in [0, 0.1) is 0 Å². The van der Waals surface area contributed by atoms with E-state index in [2.05, 4.69) is 163 Å². The van der Waals surface area contributed by atoms with Gasteiger partial charge in [-0.15, -0.1) is 0 Å². The number of fused-ring (bicyclic) bond motifs is 3. The van der Waals surface area contributed by atoms with Crippen molar-refractivity contribution in [2.75, 3.05) is 4.90 Å². The number of aromatic nitrogens is 1. The number of para-hydroxylation sites is 2. The van der Waals surface area contributed by atoms with E-state index in [1.807, 2.05) is 24.3 Å². The van der Waals surface area contributed by atoms with Gasteiger partial charge in [0.25, 0.3) is 0 Å². The lowest BCUT2D eigenvalue weighted by Crippen LogP contribution is -2.09. The first-order chi connectivity index (χ1) is 23.7. The van der Waals surface area contributed by atoms with E-state index in [0.29, 0.717) is 5.89 Å². The van der Waals surface area contributed by atoms with E-state index in [4.69, 9.17) is 9.40 Å². The van der Waals surface area contributed by atoms with Gasteiger partial charge in [-0.05, 0) is 117 Å². The van der Waals surface area contributed by atoms with Gasteiger partial charge < -0.3 is 9.32 Å².